The second kappa shape index (κ2) is 9.14. The number of unbranched alkanes of at least 4 members (excludes halogenated alkanes) is 1. The third kappa shape index (κ3) is 4.38. The van der Waals surface area contributed by atoms with Gasteiger partial charge >= 0.3 is 5.69 Å². The van der Waals surface area contributed by atoms with Crippen molar-refractivity contribution >= 4 is 34.1 Å². The minimum Gasteiger partial charge on any atom is -0.311 e. The molecule has 0 aliphatic carbocycles. The number of amides is 2. The number of nitrogens with one attached hydrogen (secondary N) is 2. The van der Waals surface area contributed by atoms with Crippen molar-refractivity contribution < 1.29 is 9.59 Å². The Hall–Kier alpha value is -3.53. The number of hydrogen-bond acceptors (Lipinski definition) is 6. The average molecular weight is 468 g/mol. The van der Waals surface area contributed by atoms with Crippen LogP contribution in [0, 0.1) is 6.92 Å². The van der Waals surface area contributed by atoms with Gasteiger partial charge in [-0.1, -0.05) is 43.2 Å². The lowest BCUT2D eigenvalue weighted by Gasteiger charge is -2.13. The predicted octanol–water partition coefficient (Wildman–Crippen LogP) is 2.84. The number of thiazole rings is 1. The molecule has 1 aliphatic heterocycles. The standard InChI is InChI=1S/C23H25N5O4S/c1-4-5-10-28-19-18(21(31)27(3)23(28)32)15(20(30)26-19)11-17(29)25-22-24-16(12-33-22)14-8-6-13(2)7-9-14/h6-9,12,15H,4-5,10-11H2,1-3H3,(H,26,30)(H,24,25,29)/t15-/m1/s1. The smallest absolute Gasteiger partial charge is 0.311 e. The average Bonchev–Trinajstić information content (AvgIpc) is 3.37. The van der Waals surface area contributed by atoms with E-state index >= 15 is 0 Å². The summed E-state index contributed by atoms with van der Waals surface area (Å²) in [6.45, 7) is 4.37. The van der Waals surface area contributed by atoms with Gasteiger partial charge in [-0.05, 0) is 13.3 Å². The summed E-state index contributed by atoms with van der Waals surface area (Å²) in [6.07, 6.45) is 1.35. The summed E-state index contributed by atoms with van der Waals surface area (Å²) in [4.78, 5) is 55.2. The minimum absolute atomic E-state index is 0.160. The fourth-order valence-corrected chi connectivity index (χ4v) is 4.57. The molecule has 2 aromatic heterocycles. The van der Waals surface area contributed by atoms with Crippen LogP contribution in [0.3, 0.4) is 0 Å². The van der Waals surface area contributed by atoms with Crippen LogP contribution in [0.1, 0.15) is 43.2 Å². The second-order valence-electron chi connectivity index (χ2n) is 8.11. The van der Waals surface area contributed by atoms with Crippen molar-refractivity contribution in [2.24, 2.45) is 7.05 Å². The zero-order chi connectivity index (χ0) is 23.7. The number of hydrogen-bond donors (Lipinski definition) is 2. The third-order valence-electron chi connectivity index (χ3n) is 5.71. The molecule has 3 aromatic rings. The molecule has 0 fully saturated rings. The van der Waals surface area contributed by atoms with Crippen molar-refractivity contribution in [3.63, 3.8) is 0 Å². The summed E-state index contributed by atoms with van der Waals surface area (Å²) >= 11 is 1.29. The fraction of sp³-hybridized carbons (Fsp3) is 0.348. The van der Waals surface area contributed by atoms with Crippen LogP contribution in [0.25, 0.3) is 11.3 Å². The molecule has 172 valence electrons. The Balaban J connectivity index is 1.55. The number of aryl methyl sites for hydroxylation is 1. The van der Waals surface area contributed by atoms with Gasteiger partial charge in [0.15, 0.2) is 5.13 Å². The topological polar surface area (TPSA) is 115 Å². The number of benzene rings is 1. The molecule has 10 heteroatoms. The van der Waals surface area contributed by atoms with Gasteiger partial charge in [-0.3, -0.25) is 23.5 Å². The Kier molecular flexibility index (Phi) is 6.28. The quantitative estimate of drug-likeness (QED) is 0.554. The molecule has 0 radical (unpaired) electrons. The van der Waals surface area contributed by atoms with Crippen LogP contribution in [0.15, 0.2) is 39.2 Å². The molecule has 1 aliphatic rings. The van der Waals surface area contributed by atoms with Crippen LogP contribution < -0.4 is 21.9 Å². The summed E-state index contributed by atoms with van der Waals surface area (Å²) < 4.78 is 2.40. The number of fused-ring (bicyclic) bond motifs is 1. The first kappa shape index (κ1) is 22.7. The molecule has 9 nitrogen and oxygen atoms in total. The number of carbonyl (C=O) groups excluding carboxylic acids is 2. The van der Waals surface area contributed by atoms with Gasteiger partial charge in [0.1, 0.15) is 5.82 Å². The molecule has 4 rings (SSSR count). The Morgan fingerprint density at radius 1 is 1.21 bits per heavy atom. The van der Waals surface area contributed by atoms with Crippen LogP contribution in [-0.4, -0.2) is 25.9 Å². The van der Waals surface area contributed by atoms with Gasteiger partial charge in [-0.15, -0.1) is 11.3 Å². The second-order valence-corrected chi connectivity index (χ2v) is 8.97. The largest absolute Gasteiger partial charge is 0.332 e. The van der Waals surface area contributed by atoms with E-state index in [2.05, 4.69) is 15.6 Å². The van der Waals surface area contributed by atoms with Crippen molar-refractivity contribution in [2.45, 2.75) is 45.6 Å². The van der Waals surface area contributed by atoms with E-state index in [1.807, 2.05) is 43.5 Å². The third-order valence-corrected chi connectivity index (χ3v) is 6.46. The van der Waals surface area contributed by atoms with Gasteiger partial charge in [0.2, 0.25) is 11.8 Å². The van der Waals surface area contributed by atoms with E-state index in [-0.39, 0.29) is 17.8 Å². The minimum atomic E-state index is -0.969. The summed E-state index contributed by atoms with van der Waals surface area (Å²) in [5.41, 5.74) is 1.94. The molecule has 0 saturated carbocycles. The number of rotatable bonds is 7. The summed E-state index contributed by atoms with van der Waals surface area (Å²) in [7, 11) is 1.38. The van der Waals surface area contributed by atoms with Gasteiger partial charge in [0.05, 0.1) is 17.2 Å². The first-order chi connectivity index (χ1) is 15.8. The number of carbonyl (C=O) groups is 2. The van der Waals surface area contributed by atoms with Crippen LogP contribution in [-0.2, 0) is 23.2 Å². The molecule has 0 unspecified atom stereocenters. The summed E-state index contributed by atoms with van der Waals surface area (Å²) in [5.74, 6) is -1.66. The SMILES string of the molecule is CCCCn1c2c(c(=O)n(C)c1=O)[C@@H](CC(=O)Nc1nc(-c3ccc(C)cc3)cs1)C(=O)N2. The molecular weight excluding hydrogens is 442 g/mol. The molecule has 33 heavy (non-hydrogen) atoms. The highest BCUT2D eigenvalue weighted by Gasteiger charge is 2.38. The van der Waals surface area contributed by atoms with E-state index in [0.717, 1.165) is 34.2 Å². The highest BCUT2D eigenvalue weighted by atomic mass is 32.1. The lowest BCUT2D eigenvalue weighted by molar-refractivity contribution is -0.122. The van der Waals surface area contributed by atoms with Crippen LogP contribution in [0.4, 0.5) is 10.9 Å². The lowest BCUT2D eigenvalue weighted by atomic mass is 9.99. The highest BCUT2D eigenvalue weighted by Crippen LogP contribution is 2.32. The number of aromatic nitrogens is 3. The first-order valence-electron chi connectivity index (χ1n) is 10.8. The molecule has 2 amide bonds. The van der Waals surface area contributed by atoms with Gasteiger partial charge in [0, 0.05) is 31.0 Å². The highest BCUT2D eigenvalue weighted by molar-refractivity contribution is 7.14. The Morgan fingerprint density at radius 3 is 2.64 bits per heavy atom. The van der Waals surface area contributed by atoms with E-state index in [9.17, 15) is 19.2 Å². The van der Waals surface area contributed by atoms with Crippen molar-refractivity contribution in [1.82, 2.24) is 14.1 Å². The maximum atomic E-state index is 12.8. The number of nitrogens with zero attached hydrogens (tertiary/aromatic N) is 3. The first-order valence-corrected chi connectivity index (χ1v) is 11.6. The van der Waals surface area contributed by atoms with E-state index in [1.165, 1.54) is 23.0 Å². The van der Waals surface area contributed by atoms with Crippen LogP contribution in [0.5, 0.6) is 0 Å². The Labute approximate surface area is 194 Å². The maximum Gasteiger partial charge on any atom is 0.332 e. The number of anilines is 2. The van der Waals surface area contributed by atoms with Crippen molar-refractivity contribution in [3.05, 3.63) is 61.6 Å². The molecule has 2 N–H and O–H groups in total. The molecular formula is C23H25N5O4S. The zero-order valence-corrected chi connectivity index (χ0v) is 19.5. The van der Waals surface area contributed by atoms with Crippen LogP contribution >= 0.6 is 11.3 Å². The molecule has 3 heterocycles. The van der Waals surface area contributed by atoms with Crippen molar-refractivity contribution in [3.8, 4) is 11.3 Å². The summed E-state index contributed by atoms with van der Waals surface area (Å²) in [5, 5.41) is 7.64. The van der Waals surface area contributed by atoms with Gasteiger partial charge in [-0.25, -0.2) is 9.78 Å². The van der Waals surface area contributed by atoms with E-state index in [0.29, 0.717) is 11.7 Å². The van der Waals surface area contributed by atoms with E-state index in [1.54, 1.807) is 0 Å². The Morgan fingerprint density at radius 2 is 1.94 bits per heavy atom. The van der Waals surface area contributed by atoms with E-state index in [4.69, 9.17) is 0 Å². The molecule has 0 saturated heterocycles. The van der Waals surface area contributed by atoms with Crippen LogP contribution in [0.2, 0.25) is 0 Å². The van der Waals surface area contributed by atoms with Crippen molar-refractivity contribution in [1.29, 1.82) is 0 Å². The molecule has 1 atom stereocenters. The molecule has 0 spiro atoms. The lowest BCUT2D eigenvalue weighted by Crippen LogP contribution is -2.40. The maximum absolute atomic E-state index is 12.8. The normalized spacial score (nSPS) is 14.8. The fourth-order valence-electron chi connectivity index (χ4n) is 3.84. The van der Waals surface area contributed by atoms with Gasteiger partial charge in [-0.2, -0.15) is 0 Å². The summed E-state index contributed by atoms with van der Waals surface area (Å²) in [6, 6.07) is 7.90. The monoisotopic (exact) mass is 467 g/mol. The van der Waals surface area contributed by atoms with Crippen molar-refractivity contribution in [2.75, 3.05) is 10.6 Å². The molecule has 1 aromatic carbocycles. The molecule has 0 bridgehead atoms. The zero-order valence-electron chi connectivity index (χ0n) is 18.7. The Bertz CT molecular complexity index is 1340. The predicted molar refractivity (Wildman–Crippen MR) is 128 cm³/mol. The van der Waals surface area contributed by atoms with E-state index < -0.39 is 29.0 Å². The van der Waals surface area contributed by atoms with Gasteiger partial charge < -0.3 is 10.6 Å². The van der Waals surface area contributed by atoms with Gasteiger partial charge in [0.25, 0.3) is 5.56 Å².